The molecule has 0 aliphatic carbocycles. The van der Waals surface area contributed by atoms with Crippen LogP contribution in [0.25, 0.3) is 0 Å². The summed E-state index contributed by atoms with van der Waals surface area (Å²) in [5, 5.41) is 5.34. The van der Waals surface area contributed by atoms with E-state index in [9.17, 15) is 9.59 Å². The molecule has 0 aromatic heterocycles. The van der Waals surface area contributed by atoms with Gasteiger partial charge in [-0.25, -0.2) is 0 Å². The number of carbonyl (C=O) groups is 2. The fraction of sp³-hybridized carbons (Fsp3) is 0.176. The van der Waals surface area contributed by atoms with Crippen LogP contribution in [0.2, 0.25) is 0 Å². The molecule has 0 saturated carbocycles. The second-order valence-corrected chi connectivity index (χ2v) is 5.23. The van der Waals surface area contributed by atoms with E-state index in [1.807, 2.05) is 32.0 Å². The first-order valence-corrected chi connectivity index (χ1v) is 6.96. The molecule has 0 bridgehead atoms. The van der Waals surface area contributed by atoms with Gasteiger partial charge in [0.1, 0.15) is 0 Å². The lowest BCUT2D eigenvalue weighted by atomic mass is 10.1. The maximum Gasteiger partial charge on any atom is 0.251 e. The minimum atomic E-state index is -0.310. The van der Waals surface area contributed by atoms with Crippen molar-refractivity contribution in [1.82, 2.24) is 5.32 Å². The number of amides is 2. The summed E-state index contributed by atoms with van der Waals surface area (Å²) >= 11 is 0. The van der Waals surface area contributed by atoms with Crippen LogP contribution in [0, 0.1) is 13.8 Å². The van der Waals surface area contributed by atoms with Gasteiger partial charge >= 0.3 is 0 Å². The summed E-state index contributed by atoms with van der Waals surface area (Å²) in [6.45, 7) is 3.84. The Kier molecular flexibility index (Phi) is 4.78. The largest absolute Gasteiger partial charge is 0.399 e. The van der Waals surface area contributed by atoms with E-state index in [0.717, 1.165) is 16.8 Å². The highest BCUT2D eigenvalue weighted by Crippen LogP contribution is 2.13. The average molecular weight is 297 g/mol. The van der Waals surface area contributed by atoms with Crippen molar-refractivity contribution in [1.29, 1.82) is 0 Å². The average Bonchev–Trinajstić information content (AvgIpc) is 2.44. The predicted molar refractivity (Wildman–Crippen MR) is 87.7 cm³/mol. The zero-order valence-electron chi connectivity index (χ0n) is 12.6. The van der Waals surface area contributed by atoms with E-state index in [1.54, 1.807) is 24.3 Å². The summed E-state index contributed by atoms with van der Waals surface area (Å²) in [4.78, 5) is 23.8. The summed E-state index contributed by atoms with van der Waals surface area (Å²) in [6.07, 6.45) is 0. The van der Waals surface area contributed by atoms with Crippen molar-refractivity contribution in [2.24, 2.45) is 0 Å². The Morgan fingerprint density at radius 2 is 1.59 bits per heavy atom. The molecule has 0 fully saturated rings. The standard InChI is InChI=1S/C17H19N3O2/c1-11-7-12(2)9-15(8-11)20-16(21)10-19-17(22)13-3-5-14(18)6-4-13/h3-9H,10,18H2,1-2H3,(H,19,22)(H,20,21). The Hall–Kier alpha value is -2.82. The van der Waals surface area contributed by atoms with Gasteiger partial charge in [0.2, 0.25) is 5.91 Å². The molecule has 2 aromatic carbocycles. The van der Waals surface area contributed by atoms with E-state index < -0.39 is 0 Å². The van der Waals surface area contributed by atoms with Gasteiger partial charge in [-0.05, 0) is 61.4 Å². The number of hydrogen-bond donors (Lipinski definition) is 3. The van der Waals surface area contributed by atoms with Crippen LogP contribution in [0.15, 0.2) is 42.5 Å². The van der Waals surface area contributed by atoms with Gasteiger partial charge in [-0.2, -0.15) is 0 Å². The molecule has 2 amide bonds. The van der Waals surface area contributed by atoms with Gasteiger partial charge < -0.3 is 16.4 Å². The number of nitrogens with two attached hydrogens (primary N) is 1. The molecule has 114 valence electrons. The molecule has 0 unspecified atom stereocenters. The Morgan fingerprint density at radius 1 is 1.00 bits per heavy atom. The predicted octanol–water partition coefficient (Wildman–Crippen LogP) is 2.25. The molecule has 5 heteroatoms. The van der Waals surface area contributed by atoms with Gasteiger partial charge in [-0.1, -0.05) is 6.07 Å². The molecular formula is C17H19N3O2. The number of nitrogen functional groups attached to an aromatic ring is 1. The third kappa shape index (κ3) is 4.34. The maximum absolute atomic E-state index is 11.9. The SMILES string of the molecule is Cc1cc(C)cc(NC(=O)CNC(=O)c2ccc(N)cc2)c1. The zero-order valence-corrected chi connectivity index (χ0v) is 12.6. The summed E-state index contributed by atoms with van der Waals surface area (Å²) in [5.41, 5.74) is 9.48. The molecule has 22 heavy (non-hydrogen) atoms. The Bertz CT molecular complexity index is 673. The minimum absolute atomic E-state index is 0.0871. The highest BCUT2D eigenvalue weighted by molar-refractivity contribution is 5.99. The Labute approximate surface area is 129 Å². The maximum atomic E-state index is 11.9. The monoisotopic (exact) mass is 297 g/mol. The molecule has 0 atom stereocenters. The third-order valence-corrected chi connectivity index (χ3v) is 3.09. The van der Waals surface area contributed by atoms with Crippen molar-refractivity contribution in [3.05, 3.63) is 59.2 Å². The van der Waals surface area contributed by atoms with Crippen LogP contribution >= 0.6 is 0 Å². The van der Waals surface area contributed by atoms with E-state index in [-0.39, 0.29) is 18.4 Å². The summed E-state index contributed by atoms with van der Waals surface area (Å²) in [6, 6.07) is 12.3. The van der Waals surface area contributed by atoms with Crippen molar-refractivity contribution in [2.75, 3.05) is 17.6 Å². The van der Waals surface area contributed by atoms with Crippen LogP contribution in [0.1, 0.15) is 21.5 Å². The van der Waals surface area contributed by atoms with Crippen LogP contribution < -0.4 is 16.4 Å². The van der Waals surface area contributed by atoms with Crippen molar-refractivity contribution < 1.29 is 9.59 Å². The van der Waals surface area contributed by atoms with Crippen LogP contribution in [0.3, 0.4) is 0 Å². The van der Waals surface area contributed by atoms with Gasteiger partial charge in [0.25, 0.3) is 5.91 Å². The van der Waals surface area contributed by atoms with Gasteiger partial charge in [0, 0.05) is 16.9 Å². The summed E-state index contributed by atoms with van der Waals surface area (Å²) < 4.78 is 0. The molecule has 2 rings (SSSR count). The van der Waals surface area contributed by atoms with Crippen LogP contribution in [0.4, 0.5) is 11.4 Å². The first kappa shape index (κ1) is 15.6. The molecule has 0 aliphatic rings. The molecule has 0 aliphatic heterocycles. The molecular weight excluding hydrogens is 278 g/mol. The van der Waals surface area contributed by atoms with Crippen molar-refractivity contribution >= 4 is 23.2 Å². The number of anilines is 2. The number of aryl methyl sites for hydroxylation is 2. The second kappa shape index (κ2) is 6.76. The molecule has 2 aromatic rings. The highest BCUT2D eigenvalue weighted by atomic mass is 16.2. The Balaban J connectivity index is 1.89. The minimum Gasteiger partial charge on any atom is -0.399 e. The van der Waals surface area contributed by atoms with Crippen molar-refractivity contribution in [3.8, 4) is 0 Å². The number of hydrogen-bond acceptors (Lipinski definition) is 3. The zero-order chi connectivity index (χ0) is 16.1. The van der Waals surface area contributed by atoms with Crippen LogP contribution in [0.5, 0.6) is 0 Å². The molecule has 0 radical (unpaired) electrons. The number of benzene rings is 2. The van der Waals surface area contributed by atoms with Gasteiger partial charge in [0.15, 0.2) is 0 Å². The Morgan fingerprint density at radius 3 is 2.18 bits per heavy atom. The van der Waals surface area contributed by atoms with Gasteiger partial charge in [-0.15, -0.1) is 0 Å². The second-order valence-electron chi connectivity index (χ2n) is 5.23. The van der Waals surface area contributed by atoms with Gasteiger partial charge in [0.05, 0.1) is 6.54 Å². The summed E-state index contributed by atoms with van der Waals surface area (Å²) in [7, 11) is 0. The van der Waals surface area contributed by atoms with Crippen LogP contribution in [-0.4, -0.2) is 18.4 Å². The van der Waals surface area contributed by atoms with Crippen LogP contribution in [-0.2, 0) is 4.79 Å². The molecule has 4 N–H and O–H groups in total. The van der Waals surface area contributed by atoms with E-state index in [4.69, 9.17) is 5.73 Å². The lowest BCUT2D eigenvalue weighted by Gasteiger charge is -2.09. The van der Waals surface area contributed by atoms with Crippen molar-refractivity contribution in [3.63, 3.8) is 0 Å². The van der Waals surface area contributed by atoms with Gasteiger partial charge in [-0.3, -0.25) is 9.59 Å². The molecule has 0 saturated heterocycles. The fourth-order valence-electron chi connectivity index (χ4n) is 2.15. The normalized spacial score (nSPS) is 10.1. The number of nitrogens with one attached hydrogen (secondary N) is 2. The molecule has 0 spiro atoms. The summed E-state index contributed by atoms with van der Waals surface area (Å²) in [5.74, 6) is -0.579. The first-order valence-electron chi connectivity index (χ1n) is 6.96. The fourth-order valence-corrected chi connectivity index (χ4v) is 2.15. The smallest absolute Gasteiger partial charge is 0.251 e. The van der Waals surface area contributed by atoms with E-state index >= 15 is 0 Å². The number of carbonyl (C=O) groups excluding carboxylic acids is 2. The lowest BCUT2D eigenvalue weighted by Crippen LogP contribution is -2.32. The highest BCUT2D eigenvalue weighted by Gasteiger charge is 2.08. The molecule has 5 nitrogen and oxygen atoms in total. The molecule has 0 heterocycles. The first-order chi connectivity index (χ1) is 10.4. The number of rotatable bonds is 4. The lowest BCUT2D eigenvalue weighted by molar-refractivity contribution is -0.115. The quantitative estimate of drug-likeness (QED) is 0.757. The van der Waals surface area contributed by atoms with E-state index in [1.165, 1.54) is 0 Å². The third-order valence-electron chi connectivity index (χ3n) is 3.09. The van der Waals surface area contributed by atoms with E-state index in [2.05, 4.69) is 10.6 Å². The van der Waals surface area contributed by atoms with E-state index in [0.29, 0.717) is 11.3 Å². The topological polar surface area (TPSA) is 84.2 Å². The van der Waals surface area contributed by atoms with Crippen molar-refractivity contribution in [2.45, 2.75) is 13.8 Å².